The van der Waals surface area contributed by atoms with E-state index < -0.39 is 0 Å². The molecule has 1 atom stereocenters. The fraction of sp³-hybridized carbons (Fsp3) is 0.750. The van der Waals surface area contributed by atoms with Gasteiger partial charge in [-0.1, -0.05) is 6.92 Å². The van der Waals surface area contributed by atoms with Crippen molar-refractivity contribution in [3.63, 3.8) is 0 Å². The number of rotatable bonds is 5. The molecular weight excluding hydrogens is 278 g/mol. The van der Waals surface area contributed by atoms with E-state index in [1.54, 1.807) is 0 Å². The zero-order valence-corrected chi connectivity index (χ0v) is 13.5. The molecule has 0 radical (unpaired) electrons. The Morgan fingerprint density at radius 3 is 3.05 bits per heavy atom. The molecule has 6 nitrogen and oxygen atoms in total. The largest absolute Gasteiger partial charge is 0.381 e. The van der Waals surface area contributed by atoms with Gasteiger partial charge in [0, 0.05) is 44.1 Å². The lowest BCUT2D eigenvalue weighted by atomic mass is 10.1. The molecule has 0 spiro atoms. The second kappa shape index (κ2) is 7.24. The third kappa shape index (κ3) is 3.50. The Bertz CT molecular complexity index is 508. The van der Waals surface area contributed by atoms with Crippen molar-refractivity contribution in [2.75, 3.05) is 50.0 Å². The standard InChI is InChI=1S/C16H27N5O/c1-2-9-22-11-12-5-8-21(10-12)15-13-3-6-18-7-4-14(13)19-16(17)20-15/h12,18H,2-11H2,1H3,(H2,17,19,20)/t12-/m0/s1. The highest BCUT2D eigenvalue weighted by molar-refractivity contribution is 5.53. The average Bonchev–Trinajstić information content (AvgIpc) is 2.84. The molecule has 0 amide bonds. The Kier molecular flexibility index (Phi) is 5.10. The summed E-state index contributed by atoms with van der Waals surface area (Å²) in [5, 5.41) is 3.43. The Labute approximate surface area is 132 Å². The lowest BCUT2D eigenvalue weighted by Crippen LogP contribution is -2.25. The maximum atomic E-state index is 5.94. The summed E-state index contributed by atoms with van der Waals surface area (Å²) < 4.78 is 5.71. The summed E-state index contributed by atoms with van der Waals surface area (Å²) in [6, 6.07) is 0. The minimum Gasteiger partial charge on any atom is -0.381 e. The van der Waals surface area contributed by atoms with Gasteiger partial charge < -0.3 is 20.7 Å². The van der Waals surface area contributed by atoms with Gasteiger partial charge in [-0.3, -0.25) is 0 Å². The van der Waals surface area contributed by atoms with E-state index in [1.165, 1.54) is 12.0 Å². The van der Waals surface area contributed by atoms with Crippen molar-refractivity contribution >= 4 is 11.8 Å². The number of nitrogens with one attached hydrogen (secondary N) is 1. The van der Waals surface area contributed by atoms with Crippen LogP contribution in [0, 0.1) is 5.92 Å². The summed E-state index contributed by atoms with van der Waals surface area (Å²) in [5.41, 5.74) is 8.35. The monoisotopic (exact) mass is 305 g/mol. The van der Waals surface area contributed by atoms with E-state index in [-0.39, 0.29) is 0 Å². The Morgan fingerprint density at radius 2 is 2.18 bits per heavy atom. The zero-order valence-electron chi connectivity index (χ0n) is 13.5. The van der Waals surface area contributed by atoms with Crippen LogP contribution in [0.25, 0.3) is 0 Å². The van der Waals surface area contributed by atoms with Gasteiger partial charge in [0.05, 0.1) is 12.3 Å². The fourth-order valence-corrected chi connectivity index (χ4v) is 3.36. The van der Waals surface area contributed by atoms with Gasteiger partial charge >= 0.3 is 0 Å². The lowest BCUT2D eigenvalue weighted by molar-refractivity contribution is 0.106. The van der Waals surface area contributed by atoms with E-state index in [9.17, 15) is 0 Å². The summed E-state index contributed by atoms with van der Waals surface area (Å²) in [6.45, 7) is 7.87. The van der Waals surface area contributed by atoms with Gasteiger partial charge in [0.25, 0.3) is 0 Å². The first-order chi connectivity index (χ1) is 10.8. The van der Waals surface area contributed by atoms with Gasteiger partial charge in [-0.05, 0) is 25.8 Å². The molecule has 0 aliphatic carbocycles. The topological polar surface area (TPSA) is 76.3 Å². The smallest absolute Gasteiger partial charge is 0.222 e. The number of hydrogen-bond donors (Lipinski definition) is 2. The fourth-order valence-electron chi connectivity index (χ4n) is 3.36. The lowest BCUT2D eigenvalue weighted by Gasteiger charge is -2.22. The summed E-state index contributed by atoms with van der Waals surface area (Å²) in [7, 11) is 0. The van der Waals surface area contributed by atoms with E-state index >= 15 is 0 Å². The van der Waals surface area contributed by atoms with E-state index in [0.29, 0.717) is 11.9 Å². The van der Waals surface area contributed by atoms with Crippen LogP contribution in [-0.2, 0) is 17.6 Å². The van der Waals surface area contributed by atoms with Gasteiger partial charge in [-0.2, -0.15) is 4.98 Å². The van der Waals surface area contributed by atoms with Crippen LogP contribution in [0.3, 0.4) is 0 Å². The second-order valence-corrected chi connectivity index (χ2v) is 6.26. The molecule has 0 bridgehead atoms. The Morgan fingerprint density at radius 1 is 1.32 bits per heavy atom. The predicted molar refractivity (Wildman–Crippen MR) is 88.2 cm³/mol. The van der Waals surface area contributed by atoms with Crippen molar-refractivity contribution in [3.05, 3.63) is 11.3 Å². The molecule has 1 saturated heterocycles. The number of nitrogen functional groups attached to an aromatic ring is 1. The molecule has 0 saturated carbocycles. The molecule has 3 rings (SSSR count). The van der Waals surface area contributed by atoms with E-state index in [4.69, 9.17) is 10.5 Å². The zero-order chi connectivity index (χ0) is 15.4. The number of nitrogens with zero attached hydrogens (tertiary/aromatic N) is 3. The Hall–Kier alpha value is -1.40. The van der Waals surface area contributed by atoms with Crippen LogP contribution in [0.15, 0.2) is 0 Å². The van der Waals surface area contributed by atoms with Crippen LogP contribution in [0.1, 0.15) is 31.0 Å². The van der Waals surface area contributed by atoms with Crippen LogP contribution < -0.4 is 16.0 Å². The molecule has 3 heterocycles. The Balaban J connectivity index is 1.73. The highest BCUT2D eigenvalue weighted by Crippen LogP contribution is 2.29. The average molecular weight is 305 g/mol. The number of aromatic nitrogens is 2. The minimum atomic E-state index is 0.404. The molecule has 1 aromatic rings. The highest BCUT2D eigenvalue weighted by Gasteiger charge is 2.27. The molecule has 6 heteroatoms. The second-order valence-electron chi connectivity index (χ2n) is 6.26. The molecule has 3 N–H and O–H groups in total. The summed E-state index contributed by atoms with van der Waals surface area (Å²) in [6.07, 6.45) is 4.17. The number of ether oxygens (including phenoxy) is 1. The van der Waals surface area contributed by atoms with E-state index in [1.807, 2.05) is 0 Å². The number of hydrogen-bond acceptors (Lipinski definition) is 6. The van der Waals surface area contributed by atoms with Gasteiger partial charge in [0.2, 0.25) is 5.95 Å². The molecule has 1 aromatic heterocycles. The first-order valence-corrected chi connectivity index (χ1v) is 8.46. The molecule has 0 aromatic carbocycles. The number of nitrogens with two attached hydrogens (primary N) is 1. The van der Waals surface area contributed by atoms with Crippen molar-refractivity contribution in [2.24, 2.45) is 5.92 Å². The van der Waals surface area contributed by atoms with Gasteiger partial charge in [0.15, 0.2) is 0 Å². The summed E-state index contributed by atoms with van der Waals surface area (Å²) in [4.78, 5) is 11.4. The van der Waals surface area contributed by atoms with Gasteiger partial charge in [-0.15, -0.1) is 0 Å². The molecule has 0 unspecified atom stereocenters. The van der Waals surface area contributed by atoms with Crippen LogP contribution in [0.5, 0.6) is 0 Å². The normalized spacial score (nSPS) is 21.7. The first-order valence-electron chi connectivity index (χ1n) is 8.46. The van der Waals surface area contributed by atoms with E-state index in [2.05, 4.69) is 27.1 Å². The van der Waals surface area contributed by atoms with Crippen LogP contribution in [0.4, 0.5) is 11.8 Å². The number of fused-ring (bicyclic) bond motifs is 1. The van der Waals surface area contributed by atoms with Crippen molar-refractivity contribution in [1.82, 2.24) is 15.3 Å². The van der Waals surface area contributed by atoms with Crippen molar-refractivity contribution in [2.45, 2.75) is 32.6 Å². The molecule has 122 valence electrons. The maximum Gasteiger partial charge on any atom is 0.222 e. The SMILES string of the molecule is CCCOC[C@H]1CCN(c2nc(N)nc3c2CCNCC3)C1. The van der Waals surface area contributed by atoms with Crippen molar-refractivity contribution in [1.29, 1.82) is 0 Å². The molecular formula is C16H27N5O. The number of anilines is 2. The van der Waals surface area contributed by atoms with Crippen molar-refractivity contribution < 1.29 is 4.74 Å². The van der Waals surface area contributed by atoms with Crippen LogP contribution >= 0.6 is 0 Å². The quantitative estimate of drug-likeness (QED) is 0.791. The van der Waals surface area contributed by atoms with Gasteiger partial charge in [-0.25, -0.2) is 4.98 Å². The molecule has 2 aliphatic rings. The molecule has 2 aliphatic heterocycles. The summed E-state index contributed by atoms with van der Waals surface area (Å²) >= 11 is 0. The highest BCUT2D eigenvalue weighted by atomic mass is 16.5. The van der Waals surface area contributed by atoms with Crippen LogP contribution in [-0.4, -0.2) is 49.4 Å². The maximum absolute atomic E-state index is 5.94. The molecule has 1 fully saturated rings. The predicted octanol–water partition coefficient (Wildman–Crippen LogP) is 1.000. The van der Waals surface area contributed by atoms with Gasteiger partial charge in [0.1, 0.15) is 5.82 Å². The summed E-state index contributed by atoms with van der Waals surface area (Å²) in [5.74, 6) is 2.06. The minimum absolute atomic E-state index is 0.404. The first kappa shape index (κ1) is 15.5. The van der Waals surface area contributed by atoms with E-state index in [0.717, 1.165) is 70.2 Å². The molecule has 22 heavy (non-hydrogen) atoms. The van der Waals surface area contributed by atoms with Crippen molar-refractivity contribution in [3.8, 4) is 0 Å². The third-order valence-electron chi connectivity index (χ3n) is 4.47. The third-order valence-corrected chi connectivity index (χ3v) is 4.47. The van der Waals surface area contributed by atoms with Crippen LogP contribution in [0.2, 0.25) is 0 Å².